The maximum Gasteiger partial charge on any atom is 0.0435 e. The average molecular weight is 229 g/mol. The van der Waals surface area contributed by atoms with Gasteiger partial charge in [0, 0.05) is 10.9 Å². The van der Waals surface area contributed by atoms with E-state index >= 15 is 0 Å². The van der Waals surface area contributed by atoms with E-state index in [1.807, 2.05) is 13.0 Å². The zero-order valence-corrected chi connectivity index (χ0v) is 9.83. The molecule has 0 N–H and O–H groups in total. The Labute approximate surface area is 95.2 Å². The molecule has 0 heterocycles. The zero-order valence-electron chi connectivity index (χ0n) is 8.32. The van der Waals surface area contributed by atoms with Crippen molar-refractivity contribution in [3.8, 4) is 0 Å². The molecule has 1 aromatic rings. The van der Waals surface area contributed by atoms with Gasteiger partial charge in [0.2, 0.25) is 0 Å². The minimum Gasteiger partial charge on any atom is -0.126 e. The molecule has 1 fully saturated rings. The van der Waals surface area contributed by atoms with Crippen molar-refractivity contribution in [2.24, 2.45) is 5.41 Å². The van der Waals surface area contributed by atoms with Crippen molar-refractivity contribution in [1.82, 2.24) is 0 Å². The third kappa shape index (κ3) is 2.07. The Morgan fingerprint density at radius 2 is 2.07 bits per heavy atom. The molecule has 0 amide bonds. The van der Waals surface area contributed by atoms with Crippen molar-refractivity contribution < 1.29 is 0 Å². The monoisotopic (exact) mass is 228 g/mol. The molecule has 0 unspecified atom stereocenters. The SMILES string of the molecule is Cc1cc(CC2(CCl)CC2)ccc1Cl. The van der Waals surface area contributed by atoms with Crippen LogP contribution in [0, 0.1) is 12.3 Å². The van der Waals surface area contributed by atoms with Crippen LogP contribution in [0.25, 0.3) is 0 Å². The highest BCUT2D eigenvalue weighted by Gasteiger charge is 2.41. The van der Waals surface area contributed by atoms with Gasteiger partial charge in [0.1, 0.15) is 0 Å². The second-order valence-electron chi connectivity index (χ2n) is 4.39. The Morgan fingerprint density at radius 1 is 1.36 bits per heavy atom. The Kier molecular flexibility index (Phi) is 2.77. The molecule has 0 atom stereocenters. The highest BCUT2D eigenvalue weighted by molar-refractivity contribution is 6.31. The maximum absolute atomic E-state index is 5.98. The Morgan fingerprint density at radius 3 is 2.57 bits per heavy atom. The predicted molar refractivity (Wildman–Crippen MR) is 62.3 cm³/mol. The fourth-order valence-electron chi connectivity index (χ4n) is 1.78. The van der Waals surface area contributed by atoms with Crippen molar-refractivity contribution >= 4 is 23.2 Å². The molecule has 2 rings (SSSR count). The largest absolute Gasteiger partial charge is 0.126 e. The quantitative estimate of drug-likeness (QED) is 0.681. The summed E-state index contributed by atoms with van der Waals surface area (Å²) >= 11 is 11.9. The molecule has 1 saturated carbocycles. The van der Waals surface area contributed by atoms with E-state index in [0.717, 1.165) is 22.9 Å². The van der Waals surface area contributed by atoms with Crippen LogP contribution in [0.3, 0.4) is 0 Å². The first kappa shape index (κ1) is 10.3. The van der Waals surface area contributed by atoms with Gasteiger partial charge in [-0.3, -0.25) is 0 Å². The molecule has 1 aliphatic carbocycles. The third-order valence-corrected chi connectivity index (χ3v) is 4.03. The van der Waals surface area contributed by atoms with Gasteiger partial charge in [-0.25, -0.2) is 0 Å². The smallest absolute Gasteiger partial charge is 0.0435 e. The molecule has 0 saturated heterocycles. The van der Waals surface area contributed by atoms with Gasteiger partial charge >= 0.3 is 0 Å². The average Bonchev–Trinajstić information content (AvgIpc) is 2.93. The number of aryl methyl sites for hydroxylation is 1. The molecule has 2 heteroatoms. The fraction of sp³-hybridized carbons (Fsp3) is 0.500. The summed E-state index contributed by atoms with van der Waals surface area (Å²) in [7, 11) is 0. The van der Waals surface area contributed by atoms with Gasteiger partial charge in [0.25, 0.3) is 0 Å². The van der Waals surface area contributed by atoms with Crippen molar-refractivity contribution in [2.75, 3.05) is 5.88 Å². The van der Waals surface area contributed by atoms with Crippen LogP contribution in [0.2, 0.25) is 5.02 Å². The van der Waals surface area contributed by atoms with Crippen LogP contribution >= 0.6 is 23.2 Å². The lowest BCUT2D eigenvalue weighted by molar-refractivity contribution is 0.578. The van der Waals surface area contributed by atoms with Crippen LogP contribution in [0.5, 0.6) is 0 Å². The molecule has 0 aliphatic heterocycles. The zero-order chi connectivity index (χ0) is 10.2. The molecule has 76 valence electrons. The summed E-state index contributed by atoms with van der Waals surface area (Å²) in [6, 6.07) is 6.27. The fourth-order valence-corrected chi connectivity index (χ4v) is 2.26. The van der Waals surface area contributed by atoms with E-state index in [0.29, 0.717) is 5.41 Å². The molecule has 0 bridgehead atoms. The normalized spacial score (nSPS) is 18.2. The van der Waals surface area contributed by atoms with Gasteiger partial charge < -0.3 is 0 Å². The van der Waals surface area contributed by atoms with Gasteiger partial charge in [-0.1, -0.05) is 23.7 Å². The number of halogens is 2. The van der Waals surface area contributed by atoms with E-state index < -0.39 is 0 Å². The maximum atomic E-state index is 5.98. The summed E-state index contributed by atoms with van der Waals surface area (Å²) in [5.41, 5.74) is 2.93. The summed E-state index contributed by atoms with van der Waals surface area (Å²) in [6.45, 7) is 2.05. The minimum atomic E-state index is 0.405. The van der Waals surface area contributed by atoms with E-state index in [9.17, 15) is 0 Å². The highest BCUT2D eigenvalue weighted by Crippen LogP contribution is 2.49. The first-order valence-corrected chi connectivity index (χ1v) is 5.87. The number of hydrogen-bond donors (Lipinski definition) is 0. The van der Waals surface area contributed by atoms with Gasteiger partial charge in [0.05, 0.1) is 0 Å². The first-order chi connectivity index (χ1) is 6.65. The van der Waals surface area contributed by atoms with Gasteiger partial charge in [-0.2, -0.15) is 0 Å². The second-order valence-corrected chi connectivity index (χ2v) is 5.07. The first-order valence-electron chi connectivity index (χ1n) is 4.96. The predicted octanol–water partition coefficient (Wildman–Crippen LogP) is 4.21. The Balaban J connectivity index is 2.14. The highest BCUT2D eigenvalue weighted by atomic mass is 35.5. The lowest BCUT2D eigenvalue weighted by Gasteiger charge is -2.11. The third-order valence-electron chi connectivity index (χ3n) is 3.04. The standard InChI is InChI=1S/C12H14Cl2/c1-9-6-10(2-3-11(9)14)7-12(8-13)4-5-12/h2-3,6H,4-5,7-8H2,1H3. The molecule has 0 radical (unpaired) electrons. The van der Waals surface area contributed by atoms with Crippen LogP contribution in [-0.2, 0) is 6.42 Å². The van der Waals surface area contributed by atoms with Gasteiger partial charge in [-0.05, 0) is 48.8 Å². The summed E-state index contributed by atoms with van der Waals surface area (Å²) in [5, 5.41) is 0.851. The number of rotatable bonds is 3. The molecule has 0 nitrogen and oxygen atoms in total. The van der Waals surface area contributed by atoms with E-state index in [2.05, 4.69) is 12.1 Å². The Hall–Kier alpha value is -0.200. The lowest BCUT2D eigenvalue weighted by atomic mass is 9.97. The van der Waals surface area contributed by atoms with E-state index in [4.69, 9.17) is 23.2 Å². The van der Waals surface area contributed by atoms with Crippen LogP contribution in [0.4, 0.5) is 0 Å². The lowest BCUT2D eigenvalue weighted by Crippen LogP contribution is -2.06. The molecule has 0 aromatic heterocycles. The van der Waals surface area contributed by atoms with Crippen LogP contribution in [0.1, 0.15) is 24.0 Å². The van der Waals surface area contributed by atoms with Crippen LogP contribution < -0.4 is 0 Å². The summed E-state index contributed by atoms with van der Waals surface area (Å²) in [6.07, 6.45) is 3.66. The van der Waals surface area contributed by atoms with Gasteiger partial charge in [-0.15, -0.1) is 11.6 Å². The van der Waals surface area contributed by atoms with Crippen LogP contribution in [-0.4, -0.2) is 5.88 Å². The van der Waals surface area contributed by atoms with Gasteiger partial charge in [0.15, 0.2) is 0 Å². The van der Waals surface area contributed by atoms with Crippen LogP contribution in [0.15, 0.2) is 18.2 Å². The molecule has 1 aliphatic rings. The number of hydrogen-bond acceptors (Lipinski definition) is 0. The molecule has 1 aromatic carbocycles. The number of alkyl halides is 1. The second kappa shape index (κ2) is 3.75. The van der Waals surface area contributed by atoms with Crippen molar-refractivity contribution in [2.45, 2.75) is 26.2 Å². The van der Waals surface area contributed by atoms with E-state index in [-0.39, 0.29) is 0 Å². The topological polar surface area (TPSA) is 0 Å². The minimum absolute atomic E-state index is 0.405. The molecule has 0 spiro atoms. The summed E-state index contributed by atoms with van der Waals surface area (Å²) in [5.74, 6) is 0.786. The number of benzene rings is 1. The van der Waals surface area contributed by atoms with Crippen molar-refractivity contribution in [3.05, 3.63) is 34.3 Å². The van der Waals surface area contributed by atoms with Crippen molar-refractivity contribution in [3.63, 3.8) is 0 Å². The summed E-state index contributed by atoms with van der Waals surface area (Å²) < 4.78 is 0. The van der Waals surface area contributed by atoms with E-state index in [1.165, 1.54) is 18.4 Å². The van der Waals surface area contributed by atoms with E-state index in [1.54, 1.807) is 0 Å². The Bertz CT molecular complexity index is 340. The molecular formula is C12H14Cl2. The summed E-state index contributed by atoms with van der Waals surface area (Å²) in [4.78, 5) is 0. The molecule has 14 heavy (non-hydrogen) atoms. The molecular weight excluding hydrogens is 215 g/mol. The van der Waals surface area contributed by atoms with Crippen molar-refractivity contribution in [1.29, 1.82) is 0 Å².